The summed E-state index contributed by atoms with van der Waals surface area (Å²) in [5, 5.41) is -0.773. The summed E-state index contributed by atoms with van der Waals surface area (Å²) in [7, 11) is -7.35. The van der Waals surface area contributed by atoms with E-state index in [1.807, 2.05) is 0 Å². The molecule has 1 aliphatic heterocycles. The third kappa shape index (κ3) is 5.92. The van der Waals surface area contributed by atoms with Crippen LogP contribution in [0.25, 0.3) is 0 Å². The van der Waals surface area contributed by atoms with Gasteiger partial charge in [-0.2, -0.15) is 13.2 Å². The van der Waals surface area contributed by atoms with Crippen molar-refractivity contribution in [2.24, 2.45) is 5.92 Å². The monoisotopic (exact) mass is 427 g/mol. The Hall–Kier alpha value is -1.13. The maximum atomic E-state index is 12.8. The molecule has 0 radical (unpaired) electrons. The largest absolute Gasteiger partial charge is 0.416 e. The SMILES string of the molecule is CC(C)CS(=O)(=O)[C@@H]1CCCN(S(=O)(=O)Cc2cccc(C(F)(F)F)c2)C1. The lowest BCUT2D eigenvalue weighted by molar-refractivity contribution is -0.137. The smallest absolute Gasteiger partial charge is 0.228 e. The molecule has 1 heterocycles. The predicted octanol–water partition coefficient (Wildman–Crippen LogP) is 3.07. The first-order valence-corrected chi connectivity index (χ1v) is 12.0. The molecule has 154 valence electrons. The summed E-state index contributed by atoms with van der Waals surface area (Å²) in [6, 6.07) is 4.18. The van der Waals surface area contributed by atoms with Gasteiger partial charge in [0.15, 0.2) is 9.84 Å². The summed E-state index contributed by atoms with van der Waals surface area (Å²) in [5.41, 5.74) is -0.886. The van der Waals surface area contributed by atoms with Crippen LogP contribution >= 0.6 is 0 Å². The molecule has 10 heteroatoms. The molecule has 1 aromatic rings. The Morgan fingerprint density at radius 2 is 1.85 bits per heavy atom. The van der Waals surface area contributed by atoms with E-state index in [4.69, 9.17) is 0 Å². The molecule has 1 fully saturated rings. The number of nitrogens with zero attached hydrogens (tertiary/aromatic N) is 1. The van der Waals surface area contributed by atoms with Crippen molar-refractivity contribution in [1.82, 2.24) is 4.31 Å². The maximum Gasteiger partial charge on any atom is 0.416 e. The molecule has 1 aromatic carbocycles. The van der Waals surface area contributed by atoms with Crippen LogP contribution in [0.2, 0.25) is 0 Å². The quantitative estimate of drug-likeness (QED) is 0.700. The Labute approximate surface area is 158 Å². The van der Waals surface area contributed by atoms with Crippen LogP contribution in [0, 0.1) is 5.92 Å². The Balaban J connectivity index is 2.17. The molecule has 0 N–H and O–H groups in total. The van der Waals surface area contributed by atoms with Crippen molar-refractivity contribution in [2.75, 3.05) is 18.8 Å². The number of rotatable bonds is 6. The van der Waals surface area contributed by atoms with Crippen LogP contribution in [0.15, 0.2) is 24.3 Å². The highest BCUT2D eigenvalue weighted by molar-refractivity contribution is 7.92. The lowest BCUT2D eigenvalue weighted by Crippen LogP contribution is -2.46. The highest BCUT2D eigenvalue weighted by atomic mass is 32.2. The van der Waals surface area contributed by atoms with E-state index < -0.39 is 42.6 Å². The minimum absolute atomic E-state index is 0.0147. The van der Waals surface area contributed by atoms with Gasteiger partial charge in [0, 0.05) is 13.1 Å². The second kappa shape index (κ2) is 8.08. The first-order chi connectivity index (χ1) is 12.3. The molecule has 0 spiro atoms. The van der Waals surface area contributed by atoms with Crippen LogP contribution in [-0.4, -0.2) is 45.2 Å². The fraction of sp³-hybridized carbons (Fsp3) is 0.647. The fourth-order valence-electron chi connectivity index (χ4n) is 3.19. The molecule has 1 atom stereocenters. The molecule has 0 saturated carbocycles. The van der Waals surface area contributed by atoms with E-state index in [0.717, 1.165) is 16.4 Å². The standard InChI is InChI=1S/C17H24F3NO4S2/c1-13(2)11-26(22,23)16-7-4-8-21(10-16)27(24,25)12-14-5-3-6-15(9-14)17(18,19)20/h3,5-6,9,13,16H,4,7-8,10-12H2,1-2H3/t16-/m1/s1. The summed E-state index contributed by atoms with van der Waals surface area (Å²) < 4.78 is 89.7. The molecule has 0 aliphatic carbocycles. The third-order valence-corrected chi connectivity index (χ3v) is 8.76. The normalized spacial score (nSPS) is 20.1. The van der Waals surface area contributed by atoms with E-state index in [1.54, 1.807) is 13.8 Å². The van der Waals surface area contributed by atoms with E-state index in [-0.39, 0.29) is 30.3 Å². The first-order valence-electron chi connectivity index (χ1n) is 8.67. The van der Waals surface area contributed by atoms with Gasteiger partial charge in [-0.25, -0.2) is 21.1 Å². The molecule has 0 unspecified atom stereocenters. The molecular formula is C17H24F3NO4S2. The van der Waals surface area contributed by atoms with Crippen molar-refractivity contribution in [3.8, 4) is 0 Å². The number of benzene rings is 1. The molecular weight excluding hydrogens is 403 g/mol. The van der Waals surface area contributed by atoms with Crippen LogP contribution in [0.5, 0.6) is 0 Å². The first kappa shape index (κ1) is 22.2. The van der Waals surface area contributed by atoms with Gasteiger partial charge in [-0.1, -0.05) is 32.0 Å². The highest BCUT2D eigenvalue weighted by Crippen LogP contribution is 2.30. The van der Waals surface area contributed by atoms with Crippen LogP contribution in [0.3, 0.4) is 0 Å². The third-order valence-electron chi connectivity index (χ3n) is 4.41. The number of hydrogen-bond acceptors (Lipinski definition) is 4. The van der Waals surface area contributed by atoms with Crippen molar-refractivity contribution >= 4 is 19.9 Å². The lowest BCUT2D eigenvalue weighted by Gasteiger charge is -2.32. The average molecular weight is 428 g/mol. The molecule has 27 heavy (non-hydrogen) atoms. The Morgan fingerprint density at radius 3 is 2.44 bits per heavy atom. The van der Waals surface area contributed by atoms with Crippen molar-refractivity contribution in [3.63, 3.8) is 0 Å². The molecule has 0 aromatic heterocycles. The van der Waals surface area contributed by atoms with Crippen molar-refractivity contribution in [1.29, 1.82) is 0 Å². The summed E-state index contributed by atoms with van der Waals surface area (Å²) in [5.74, 6) is -0.667. The second-order valence-electron chi connectivity index (χ2n) is 7.30. The van der Waals surface area contributed by atoms with E-state index in [1.165, 1.54) is 12.1 Å². The summed E-state index contributed by atoms with van der Waals surface area (Å²) in [4.78, 5) is 0. The van der Waals surface area contributed by atoms with Crippen LogP contribution in [0.1, 0.15) is 37.8 Å². The van der Waals surface area contributed by atoms with Crippen LogP contribution in [0.4, 0.5) is 13.2 Å². The van der Waals surface area contributed by atoms with Crippen molar-refractivity contribution in [3.05, 3.63) is 35.4 Å². The topological polar surface area (TPSA) is 71.5 Å². The maximum absolute atomic E-state index is 12.8. The Bertz CT molecular complexity index is 864. The molecule has 0 bridgehead atoms. The van der Waals surface area contributed by atoms with Gasteiger partial charge in [-0.3, -0.25) is 0 Å². The summed E-state index contributed by atoms with van der Waals surface area (Å²) in [6.45, 7) is 3.59. The van der Waals surface area contributed by atoms with Crippen molar-refractivity contribution in [2.45, 2.75) is 43.9 Å². The zero-order valence-corrected chi connectivity index (χ0v) is 16.9. The van der Waals surface area contributed by atoms with E-state index in [0.29, 0.717) is 12.8 Å². The molecule has 0 amide bonds. The average Bonchev–Trinajstić information content (AvgIpc) is 2.53. The van der Waals surface area contributed by atoms with E-state index >= 15 is 0 Å². The minimum atomic E-state index is -4.55. The Morgan fingerprint density at radius 1 is 1.19 bits per heavy atom. The van der Waals surface area contributed by atoms with Crippen LogP contribution in [-0.2, 0) is 31.8 Å². The number of piperidine rings is 1. The second-order valence-corrected chi connectivity index (χ2v) is 11.6. The predicted molar refractivity (Wildman–Crippen MR) is 97.3 cm³/mol. The number of hydrogen-bond donors (Lipinski definition) is 0. The van der Waals surface area contributed by atoms with E-state index in [2.05, 4.69) is 0 Å². The van der Waals surface area contributed by atoms with Crippen molar-refractivity contribution < 1.29 is 30.0 Å². The van der Waals surface area contributed by atoms with Gasteiger partial charge in [-0.05, 0) is 30.4 Å². The zero-order chi connectivity index (χ0) is 20.5. The molecule has 1 saturated heterocycles. The number of halogens is 3. The van der Waals surface area contributed by atoms with Gasteiger partial charge >= 0.3 is 6.18 Å². The number of sulfone groups is 1. The summed E-state index contributed by atoms with van der Waals surface area (Å²) in [6.07, 6.45) is -3.75. The van der Waals surface area contributed by atoms with Gasteiger partial charge in [0.2, 0.25) is 10.0 Å². The van der Waals surface area contributed by atoms with Gasteiger partial charge in [0.05, 0.1) is 22.3 Å². The number of alkyl halides is 3. The lowest BCUT2D eigenvalue weighted by atomic mass is 10.1. The van der Waals surface area contributed by atoms with Gasteiger partial charge in [0.1, 0.15) is 0 Å². The van der Waals surface area contributed by atoms with Gasteiger partial charge in [-0.15, -0.1) is 0 Å². The minimum Gasteiger partial charge on any atom is -0.228 e. The van der Waals surface area contributed by atoms with Gasteiger partial charge in [0.25, 0.3) is 0 Å². The van der Waals surface area contributed by atoms with E-state index in [9.17, 15) is 30.0 Å². The highest BCUT2D eigenvalue weighted by Gasteiger charge is 2.36. The fourth-order valence-corrected chi connectivity index (χ4v) is 7.02. The Kier molecular flexibility index (Phi) is 6.63. The molecule has 2 rings (SSSR count). The number of sulfonamides is 1. The molecule has 1 aliphatic rings. The zero-order valence-electron chi connectivity index (χ0n) is 15.2. The summed E-state index contributed by atoms with van der Waals surface area (Å²) >= 11 is 0. The van der Waals surface area contributed by atoms with Crippen LogP contribution < -0.4 is 0 Å². The molecule has 5 nitrogen and oxygen atoms in total. The van der Waals surface area contributed by atoms with Gasteiger partial charge < -0.3 is 0 Å².